The molecule has 0 amide bonds. The Morgan fingerprint density at radius 2 is 2.12 bits per heavy atom. The summed E-state index contributed by atoms with van der Waals surface area (Å²) in [6, 6.07) is 0. The molecule has 6 heteroatoms. The van der Waals surface area contributed by atoms with Crippen LogP contribution in [-0.4, -0.2) is 31.8 Å². The van der Waals surface area contributed by atoms with Crippen molar-refractivity contribution in [3.05, 3.63) is 0 Å². The number of rotatable bonds is 2. The number of hydrogen-bond donors (Lipinski definition) is 1. The fourth-order valence-electron chi connectivity index (χ4n) is 2.26. The molecule has 1 rings (SSSR count). The number of hydrogen-bond acceptors (Lipinski definition) is 3. The van der Waals surface area contributed by atoms with Crippen LogP contribution in [0.15, 0.2) is 0 Å². The minimum Gasteiger partial charge on any atom is -0.468 e. The van der Waals surface area contributed by atoms with E-state index in [0.717, 1.165) is 0 Å². The summed E-state index contributed by atoms with van der Waals surface area (Å²) in [5.74, 6) is -2.03. The van der Waals surface area contributed by atoms with Gasteiger partial charge in [-0.1, -0.05) is 6.42 Å². The molecular formula is C10H16F3NO2. The Morgan fingerprint density at radius 1 is 1.50 bits per heavy atom. The Kier molecular flexibility index (Phi) is 3.83. The third-order valence-electron chi connectivity index (χ3n) is 3.27. The largest absolute Gasteiger partial charge is 0.468 e. The number of esters is 1. The van der Waals surface area contributed by atoms with Gasteiger partial charge < -0.3 is 10.1 Å². The summed E-state index contributed by atoms with van der Waals surface area (Å²) in [7, 11) is 2.69. The van der Waals surface area contributed by atoms with Crippen molar-refractivity contribution in [2.75, 3.05) is 14.2 Å². The molecule has 0 heterocycles. The van der Waals surface area contributed by atoms with E-state index in [0.29, 0.717) is 12.8 Å². The van der Waals surface area contributed by atoms with Crippen molar-refractivity contribution in [2.45, 2.75) is 37.4 Å². The molecule has 1 fully saturated rings. The molecule has 0 aromatic rings. The van der Waals surface area contributed by atoms with Gasteiger partial charge in [-0.15, -0.1) is 0 Å². The Balaban J connectivity index is 2.85. The van der Waals surface area contributed by atoms with Gasteiger partial charge >= 0.3 is 12.1 Å². The molecule has 0 spiro atoms. The third kappa shape index (κ3) is 2.48. The van der Waals surface area contributed by atoms with Crippen LogP contribution in [-0.2, 0) is 9.53 Å². The number of methoxy groups -OCH3 is 1. The van der Waals surface area contributed by atoms with Crippen LogP contribution in [0.1, 0.15) is 25.7 Å². The first-order valence-corrected chi connectivity index (χ1v) is 5.20. The molecule has 0 aromatic heterocycles. The van der Waals surface area contributed by atoms with E-state index in [2.05, 4.69) is 10.1 Å². The van der Waals surface area contributed by atoms with E-state index in [1.165, 1.54) is 14.2 Å². The van der Waals surface area contributed by atoms with Crippen LogP contribution in [0.3, 0.4) is 0 Å². The monoisotopic (exact) mass is 239 g/mol. The van der Waals surface area contributed by atoms with E-state index < -0.39 is 23.6 Å². The van der Waals surface area contributed by atoms with Gasteiger partial charge in [0.05, 0.1) is 13.0 Å². The number of ether oxygens (including phenoxy) is 1. The lowest BCUT2D eigenvalue weighted by Crippen LogP contribution is -2.55. The second-order valence-corrected chi connectivity index (χ2v) is 4.16. The van der Waals surface area contributed by atoms with E-state index in [9.17, 15) is 18.0 Å². The zero-order chi connectivity index (χ0) is 12.4. The summed E-state index contributed by atoms with van der Waals surface area (Å²) >= 11 is 0. The van der Waals surface area contributed by atoms with Crippen LogP contribution in [0.5, 0.6) is 0 Å². The summed E-state index contributed by atoms with van der Waals surface area (Å²) in [6.45, 7) is 0. The Bertz CT molecular complexity index is 267. The molecule has 3 nitrogen and oxygen atoms in total. The summed E-state index contributed by atoms with van der Waals surface area (Å²) in [5.41, 5.74) is -1.17. The van der Waals surface area contributed by atoms with Crippen molar-refractivity contribution < 1.29 is 22.7 Å². The molecular weight excluding hydrogens is 223 g/mol. The maximum atomic E-state index is 12.6. The van der Waals surface area contributed by atoms with Gasteiger partial charge in [0.15, 0.2) is 0 Å². The van der Waals surface area contributed by atoms with Crippen molar-refractivity contribution >= 4 is 5.97 Å². The highest BCUT2D eigenvalue weighted by Crippen LogP contribution is 2.41. The van der Waals surface area contributed by atoms with Crippen molar-refractivity contribution in [3.8, 4) is 0 Å². The van der Waals surface area contributed by atoms with Gasteiger partial charge in [-0.2, -0.15) is 13.2 Å². The molecule has 2 unspecified atom stereocenters. The molecule has 1 N–H and O–H groups in total. The van der Waals surface area contributed by atoms with Gasteiger partial charge in [-0.05, 0) is 26.3 Å². The lowest BCUT2D eigenvalue weighted by atomic mass is 9.75. The molecule has 0 bridgehead atoms. The highest BCUT2D eigenvalue weighted by Gasteiger charge is 2.50. The number of carbonyl (C=O) groups excluding carboxylic acids is 1. The maximum absolute atomic E-state index is 12.6. The molecule has 1 aliphatic carbocycles. The first-order valence-electron chi connectivity index (χ1n) is 5.20. The predicted octanol–water partition coefficient (Wildman–Crippen LogP) is 1.87. The summed E-state index contributed by atoms with van der Waals surface area (Å²) < 4.78 is 42.4. The Labute approximate surface area is 92.3 Å². The van der Waals surface area contributed by atoms with Gasteiger partial charge in [-0.25, -0.2) is 0 Å². The van der Waals surface area contributed by atoms with E-state index in [-0.39, 0.29) is 12.8 Å². The molecule has 0 radical (unpaired) electrons. The normalized spacial score (nSPS) is 31.2. The number of halogens is 3. The molecule has 0 saturated heterocycles. The van der Waals surface area contributed by atoms with Crippen LogP contribution in [0, 0.1) is 5.92 Å². The van der Waals surface area contributed by atoms with Gasteiger partial charge in [-0.3, -0.25) is 4.79 Å². The van der Waals surface area contributed by atoms with E-state index >= 15 is 0 Å². The standard InChI is InChI=1S/C10H16F3NO2/c1-14-9(8(15)16-2)5-3-4-7(6-9)10(11,12)13/h7,14H,3-6H2,1-2H3. The van der Waals surface area contributed by atoms with Crippen LogP contribution < -0.4 is 5.32 Å². The lowest BCUT2D eigenvalue weighted by Gasteiger charge is -2.38. The smallest absolute Gasteiger partial charge is 0.391 e. The fraction of sp³-hybridized carbons (Fsp3) is 0.900. The molecule has 94 valence electrons. The van der Waals surface area contributed by atoms with Gasteiger partial charge in [0, 0.05) is 0 Å². The van der Waals surface area contributed by atoms with Crippen molar-refractivity contribution in [1.82, 2.24) is 5.32 Å². The SMILES string of the molecule is CNC1(C(=O)OC)CCCC(C(F)(F)F)C1. The van der Waals surface area contributed by atoms with Gasteiger partial charge in [0.25, 0.3) is 0 Å². The molecule has 0 aliphatic heterocycles. The average molecular weight is 239 g/mol. The van der Waals surface area contributed by atoms with Crippen LogP contribution in [0.25, 0.3) is 0 Å². The molecule has 2 atom stereocenters. The zero-order valence-corrected chi connectivity index (χ0v) is 9.36. The highest BCUT2D eigenvalue weighted by molar-refractivity contribution is 5.80. The number of likely N-dealkylation sites (N-methyl/N-ethyl adjacent to an activating group) is 1. The number of nitrogens with one attached hydrogen (secondary N) is 1. The average Bonchev–Trinajstić information content (AvgIpc) is 2.26. The van der Waals surface area contributed by atoms with Gasteiger partial charge in [0.2, 0.25) is 0 Å². The van der Waals surface area contributed by atoms with Crippen molar-refractivity contribution in [1.29, 1.82) is 0 Å². The molecule has 1 saturated carbocycles. The summed E-state index contributed by atoms with van der Waals surface area (Å²) in [5, 5.41) is 2.70. The molecule has 0 aromatic carbocycles. The second kappa shape index (κ2) is 4.61. The lowest BCUT2D eigenvalue weighted by molar-refractivity contribution is -0.191. The minimum absolute atomic E-state index is 0.0872. The number of alkyl halides is 3. The molecule has 1 aliphatic rings. The minimum atomic E-state index is -4.24. The summed E-state index contributed by atoms with van der Waals surface area (Å²) in [4.78, 5) is 11.5. The highest BCUT2D eigenvalue weighted by atomic mass is 19.4. The van der Waals surface area contributed by atoms with Crippen LogP contribution >= 0.6 is 0 Å². The second-order valence-electron chi connectivity index (χ2n) is 4.16. The van der Waals surface area contributed by atoms with Crippen LogP contribution in [0.2, 0.25) is 0 Å². The first-order chi connectivity index (χ1) is 7.35. The van der Waals surface area contributed by atoms with Gasteiger partial charge in [0.1, 0.15) is 5.54 Å². The van der Waals surface area contributed by atoms with E-state index in [4.69, 9.17) is 0 Å². The van der Waals surface area contributed by atoms with E-state index in [1.807, 2.05) is 0 Å². The number of carbonyl (C=O) groups is 1. The third-order valence-corrected chi connectivity index (χ3v) is 3.27. The Hall–Kier alpha value is -0.780. The summed E-state index contributed by atoms with van der Waals surface area (Å²) in [6.07, 6.45) is -3.62. The maximum Gasteiger partial charge on any atom is 0.391 e. The quantitative estimate of drug-likeness (QED) is 0.747. The molecule has 16 heavy (non-hydrogen) atoms. The topological polar surface area (TPSA) is 38.3 Å². The fourth-order valence-corrected chi connectivity index (χ4v) is 2.26. The van der Waals surface area contributed by atoms with E-state index in [1.54, 1.807) is 0 Å². The van der Waals surface area contributed by atoms with Crippen molar-refractivity contribution in [3.63, 3.8) is 0 Å². The van der Waals surface area contributed by atoms with Crippen LogP contribution in [0.4, 0.5) is 13.2 Å². The predicted molar refractivity (Wildman–Crippen MR) is 51.8 cm³/mol. The zero-order valence-electron chi connectivity index (χ0n) is 9.36. The van der Waals surface area contributed by atoms with Crippen molar-refractivity contribution in [2.24, 2.45) is 5.92 Å². The first kappa shape index (κ1) is 13.3. The Morgan fingerprint density at radius 3 is 2.56 bits per heavy atom.